The highest BCUT2D eigenvalue weighted by molar-refractivity contribution is 7.18. The van der Waals surface area contributed by atoms with Crippen LogP contribution in [0, 0.1) is 0 Å². The summed E-state index contributed by atoms with van der Waals surface area (Å²) in [5.41, 5.74) is 3.01. The van der Waals surface area contributed by atoms with E-state index in [4.69, 9.17) is 4.98 Å². The smallest absolute Gasteiger partial charge is 0.318 e. The highest BCUT2D eigenvalue weighted by atomic mass is 32.1. The minimum absolute atomic E-state index is 0.0512. The Morgan fingerprint density at radius 2 is 1.94 bits per heavy atom. The second kappa shape index (κ2) is 8.57. The number of benzene rings is 2. The molecule has 3 aromatic rings. The summed E-state index contributed by atoms with van der Waals surface area (Å²) in [6, 6.07) is 16.5. The lowest BCUT2D eigenvalue weighted by atomic mass is 9.87. The molecule has 2 atom stereocenters. The zero-order valence-corrected chi connectivity index (χ0v) is 19.1. The van der Waals surface area contributed by atoms with Crippen LogP contribution in [0.2, 0.25) is 0 Å². The molecule has 2 aromatic carbocycles. The van der Waals surface area contributed by atoms with Crippen molar-refractivity contribution in [1.29, 1.82) is 0 Å². The molecule has 2 aliphatic rings. The number of urea groups is 1. The van der Waals surface area contributed by atoms with Crippen LogP contribution in [0.4, 0.5) is 4.79 Å². The van der Waals surface area contributed by atoms with Gasteiger partial charge in [-0.15, -0.1) is 11.3 Å². The van der Waals surface area contributed by atoms with E-state index in [1.54, 1.807) is 23.5 Å². The van der Waals surface area contributed by atoms with Crippen LogP contribution < -0.4 is 10.7 Å². The molecule has 0 spiro atoms. The highest BCUT2D eigenvalue weighted by Gasteiger charge is 2.52. The predicted octanol–water partition coefficient (Wildman–Crippen LogP) is 3.32. The first kappa shape index (κ1) is 21.5. The molecular weight excluding hydrogens is 438 g/mol. The van der Waals surface area contributed by atoms with Crippen LogP contribution in [0.25, 0.3) is 10.2 Å². The molecule has 0 saturated carbocycles. The second-order valence-electron chi connectivity index (χ2n) is 8.38. The molecule has 2 unspecified atom stereocenters. The third-order valence-corrected chi connectivity index (χ3v) is 7.57. The number of para-hydroxylation sites is 1. The van der Waals surface area contributed by atoms with Gasteiger partial charge >= 0.3 is 6.03 Å². The van der Waals surface area contributed by atoms with Crippen molar-refractivity contribution in [3.8, 4) is 0 Å². The Kier molecular flexibility index (Phi) is 5.59. The number of carbonyl (C=O) groups is 3. The molecule has 0 bridgehead atoms. The van der Waals surface area contributed by atoms with Gasteiger partial charge in [0.15, 0.2) is 0 Å². The summed E-state index contributed by atoms with van der Waals surface area (Å²) in [5.74, 6) is -0.870. The average Bonchev–Trinajstić information content (AvgIpc) is 3.52. The molecule has 1 aromatic heterocycles. The second-order valence-corrected chi connectivity index (χ2v) is 9.44. The Morgan fingerprint density at radius 1 is 1.18 bits per heavy atom. The van der Waals surface area contributed by atoms with E-state index in [0.717, 1.165) is 39.6 Å². The fourth-order valence-electron chi connectivity index (χ4n) is 4.71. The lowest BCUT2D eigenvalue weighted by molar-refractivity contribution is -0.140. The van der Waals surface area contributed by atoms with E-state index in [0.29, 0.717) is 12.0 Å². The van der Waals surface area contributed by atoms with Gasteiger partial charge < -0.3 is 5.32 Å². The first-order valence-corrected chi connectivity index (χ1v) is 11.9. The van der Waals surface area contributed by atoms with Gasteiger partial charge in [0.05, 0.1) is 22.8 Å². The van der Waals surface area contributed by atoms with Crippen LogP contribution in [-0.4, -0.2) is 45.8 Å². The van der Waals surface area contributed by atoms with Gasteiger partial charge in [-0.1, -0.05) is 49.4 Å². The fraction of sp³-hybridized carbons (Fsp3) is 0.333. The number of nitrogens with one attached hydrogen (secondary N) is 2. The average molecular weight is 464 g/mol. The number of hydrazine groups is 1. The SMILES string of the molecule is CCC1(c2ccccc2)NC(=O)N(NC(=O)CN2CCCC2c2nc3ccccc3s2)C1=O. The van der Waals surface area contributed by atoms with Gasteiger partial charge in [-0.05, 0) is 43.5 Å². The van der Waals surface area contributed by atoms with Gasteiger partial charge in [0, 0.05) is 0 Å². The zero-order valence-electron chi connectivity index (χ0n) is 18.3. The number of imide groups is 1. The van der Waals surface area contributed by atoms with E-state index in [2.05, 4.69) is 15.6 Å². The normalized spacial score (nSPS) is 23.3. The molecule has 2 aliphatic heterocycles. The van der Waals surface area contributed by atoms with E-state index < -0.39 is 23.4 Å². The van der Waals surface area contributed by atoms with E-state index in [1.807, 2.05) is 49.4 Å². The van der Waals surface area contributed by atoms with Crippen molar-refractivity contribution in [3.05, 3.63) is 65.2 Å². The van der Waals surface area contributed by atoms with Crippen molar-refractivity contribution < 1.29 is 14.4 Å². The summed E-state index contributed by atoms with van der Waals surface area (Å²) < 4.78 is 1.12. The molecule has 0 aliphatic carbocycles. The van der Waals surface area contributed by atoms with Crippen molar-refractivity contribution in [1.82, 2.24) is 25.6 Å². The number of nitrogens with zero attached hydrogens (tertiary/aromatic N) is 3. The maximum absolute atomic E-state index is 13.2. The van der Waals surface area contributed by atoms with E-state index in [9.17, 15) is 14.4 Å². The lowest BCUT2D eigenvalue weighted by Gasteiger charge is -2.26. The van der Waals surface area contributed by atoms with Gasteiger partial charge in [0.25, 0.3) is 11.8 Å². The largest absolute Gasteiger partial charge is 0.344 e. The highest BCUT2D eigenvalue weighted by Crippen LogP contribution is 2.36. The number of fused-ring (bicyclic) bond motifs is 1. The summed E-state index contributed by atoms with van der Waals surface area (Å²) in [7, 11) is 0. The minimum atomic E-state index is -1.18. The molecular formula is C24H25N5O3S. The van der Waals surface area contributed by atoms with Gasteiger partial charge in [-0.2, -0.15) is 5.01 Å². The molecule has 4 amide bonds. The number of carbonyl (C=O) groups excluding carboxylic acids is 3. The van der Waals surface area contributed by atoms with Gasteiger partial charge in [0.2, 0.25) is 0 Å². The quantitative estimate of drug-likeness (QED) is 0.547. The van der Waals surface area contributed by atoms with Crippen molar-refractivity contribution in [3.63, 3.8) is 0 Å². The van der Waals surface area contributed by atoms with Crippen LogP contribution in [0.1, 0.15) is 42.8 Å². The first-order chi connectivity index (χ1) is 16.0. The van der Waals surface area contributed by atoms with E-state index in [-0.39, 0.29) is 12.6 Å². The number of hydrogen-bond acceptors (Lipinski definition) is 6. The Balaban J connectivity index is 1.29. The molecule has 2 saturated heterocycles. The zero-order chi connectivity index (χ0) is 23.0. The van der Waals surface area contributed by atoms with E-state index >= 15 is 0 Å². The minimum Gasteiger partial charge on any atom is -0.318 e. The Bertz CT molecular complexity index is 1180. The molecule has 5 rings (SSSR count). The van der Waals surface area contributed by atoms with Gasteiger partial charge in [-0.3, -0.25) is 19.9 Å². The monoisotopic (exact) mass is 463 g/mol. The molecule has 2 fully saturated rings. The van der Waals surface area contributed by atoms with Crippen molar-refractivity contribution in [2.24, 2.45) is 0 Å². The topological polar surface area (TPSA) is 94.6 Å². The molecule has 2 N–H and O–H groups in total. The van der Waals surface area contributed by atoms with Crippen molar-refractivity contribution in [2.75, 3.05) is 13.1 Å². The Labute approximate surface area is 195 Å². The van der Waals surface area contributed by atoms with Crippen LogP contribution in [0.15, 0.2) is 54.6 Å². The third-order valence-electron chi connectivity index (χ3n) is 6.43. The lowest BCUT2D eigenvalue weighted by Crippen LogP contribution is -2.51. The molecule has 170 valence electrons. The van der Waals surface area contributed by atoms with Crippen LogP contribution in [0.5, 0.6) is 0 Å². The number of hydrogen-bond donors (Lipinski definition) is 2. The summed E-state index contributed by atoms with van der Waals surface area (Å²) in [6.07, 6.45) is 2.26. The summed E-state index contributed by atoms with van der Waals surface area (Å²) >= 11 is 1.65. The maximum Gasteiger partial charge on any atom is 0.344 e. The number of aromatic nitrogens is 1. The molecule has 9 heteroatoms. The summed E-state index contributed by atoms with van der Waals surface area (Å²) in [4.78, 5) is 45.6. The number of likely N-dealkylation sites (tertiary alicyclic amines) is 1. The maximum atomic E-state index is 13.2. The molecule has 33 heavy (non-hydrogen) atoms. The van der Waals surface area contributed by atoms with Crippen molar-refractivity contribution in [2.45, 2.75) is 37.8 Å². The molecule has 8 nitrogen and oxygen atoms in total. The molecule has 0 radical (unpaired) electrons. The fourth-order valence-corrected chi connectivity index (χ4v) is 5.85. The van der Waals surface area contributed by atoms with E-state index in [1.165, 1.54) is 0 Å². The number of rotatable bonds is 6. The number of thiazole rings is 1. The number of amides is 4. The van der Waals surface area contributed by atoms with Crippen molar-refractivity contribution >= 4 is 39.4 Å². The predicted molar refractivity (Wildman–Crippen MR) is 125 cm³/mol. The Hall–Kier alpha value is -3.30. The van der Waals surface area contributed by atoms with Gasteiger partial charge in [0.1, 0.15) is 10.5 Å². The van der Waals surface area contributed by atoms with Gasteiger partial charge in [-0.25, -0.2) is 9.78 Å². The standard InChI is InChI=1S/C24H25N5O3S/c1-2-24(16-9-4-3-5-10-16)22(31)29(23(32)26-24)27-20(30)15-28-14-8-12-18(28)21-25-17-11-6-7-13-19(17)33-21/h3-7,9-11,13,18H,2,8,12,14-15H2,1H3,(H,26,32)(H,27,30). The van der Waals surface area contributed by atoms with Crippen LogP contribution >= 0.6 is 11.3 Å². The Morgan fingerprint density at radius 3 is 2.70 bits per heavy atom. The van der Waals surface area contributed by atoms with Crippen LogP contribution in [-0.2, 0) is 15.1 Å². The third kappa shape index (κ3) is 3.77. The molecule has 3 heterocycles. The summed E-state index contributed by atoms with van der Waals surface area (Å²) in [5, 5.41) is 4.59. The summed E-state index contributed by atoms with van der Waals surface area (Å²) in [6.45, 7) is 2.68. The first-order valence-electron chi connectivity index (χ1n) is 11.1. The van der Waals surface area contributed by atoms with Crippen LogP contribution in [0.3, 0.4) is 0 Å².